The molecule has 2 aromatic rings. The van der Waals surface area contributed by atoms with Gasteiger partial charge in [0.15, 0.2) is 0 Å². The predicted molar refractivity (Wildman–Crippen MR) is 113 cm³/mol. The van der Waals surface area contributed by atoms with Crippen molar-refractivity contribution < 1.29 is 4.74 Å². The van der Waals surface area contributed by atoms with Gasteiger partial charge in [-0.15, -0.1) is 0 Å². The molecule has 0 aliphatic carbocycles. The van der Waals surface area contributed by atoms with E-state index in [4.69, 9.17) is 4.74 Å². The smallest absolute Gasteiger partial charge is 0.218 e. The molecule has 1 aromatic carbocycles. The van der Waals surface area contributed by atoms with Crippen LogP contribution in [0.2, 0.25) is 0 Å². The number of hydrogen-bond acceptors (Lipinski definition) is 5. The van der Waals surface area contributed by atoms with Gasteiger partial charge in [-0.25, -0.2) is 4.99 Å². The Morgan fingerprint density at radius 1 is 1.26 bits per heavy atom. The molecule has 0 N–H and O–H groups in total. The molecule has 0 saturated carbocycles. The Morgan fingerprint density at radius 2 is 1.93 bits per heavy atom. The zero-order valence-electron chi connectivity index (χ0n) is 17.4. The third-order valence-electron chi connectivity index (χ3n) is 4.95. The Labute approximate surface area is 166 Å². The van der Waals surface area contributed by atoms with Crippen molar-refractivity contribution >= 4 is 23.6 Å². The van der Waals surface area contributed by atoms with Crippen LogP contribution in [0.1, 0.15) is 50.1 Å². The van der Waals surface area contributed by atoms with Crippen LogP contribution in [0.15, 0.2) is 17.1 Å². The van der Waals surface area contributed by atoms with Crippen molar-refractivity contribution in [1.29, 1.82) is 5.26 Å². The zero-order chi connectivity index (χ0) is 20.4. The first-order valence-corrected chi connectivity index (χ1v) is 9.75. The quantitative estimate of drug-likeness (QED) is 0.482. The summed E-state index contributed by atoms with van der Waals surface area (Å²) in [5, 5.41) is 10.3. The SMILES string of the molecule is Cc1cc(Oc2snc(C(C)(C)C(C)C)c2C#N)c(C)cc1N=CN(C)C. The summed E-state index contributed by atoms with van der Waals surface area (Å²) in [5.74, 6) is 1.09. The molecule has 0 unspecified atom stereocenters. The first-order valence-electron chi connectivity index (χ1n) is 8.97. The average molecular weight is 385 g/mol. The minimum atomic E-state index is -0.196. The van der Waals surface area contributed by atoms with E-state index >= 15 is 0 Å². The second kappa shape index (κ2) is 8.10. The largest absolute Gasteiger partial charge is 0.443 e. The van der Waals surface area contributed by atoms with Gasteiger partial charge < -0.3 is 9.64 Å². The summed E-state index contributed by atoms with van der Waals surface area (Å²) in [6.07, 6.45) is 1.78. The van der Waals surface area contributed by atoms with E-state index in [0.29, 0.717) is 16.5 Å². The molecular weight excluding hydrogens is 356 g/mol. The molecule has 0 atom stereocenters. The molecular formula is C21H28N4OS. The van der Waals surface area contributed by atoms with Crippen LogP contribution in [0, 0.1) is 31.1 Å². The van der Waals surface area contributed by atoms with Crippen molar-refractivity contribution in [3.63, 3.8) is 0 Å². The summed E-state index contributed by atoms with van der Waals surface area (Å²) < 4.78 is 10.7. The van der Waals surface area contributed by atoms with E-state index in [2.05, 4.69) is 43.1 Å². The van der Waals surface area contributed by atoms with E-state index in [1.165, 1.54) is 11.5 Å². The van der Waals surface area contributed by atoms with Gasteiger partial charge >= 0.3 is 0 Å². The lowest BCUT2D eigenvalue weighted by molar-refractivity contribution is 0.363. The van der Waals surface area contributed by atoms with Crippen LogP contribution < -0.4 is 4.74 Å². The maximum Gasteiger partial charge on any atom is 0.218 e. The van der Waals surface area contributed by atoms with Crippen LogP contribution in [-0.4, -0.2) is 29.7 Å². The number of nitrogens with zero attached hydrogens (tertiary/aromatic N) is 4. The van der Waals surface area contributed by atoms with E-state index in [1.807, 2.05) is 45.0 Å². The highest BCUT2D eigenvalue weighted by molar-refractivity contribution is 7.08. The summed E-state index contributed by atoms with van der Waals surface area (Å²) in [5.41, 5.74) is 4.03. The molecule has 2 rings (SSSR count). The van der Waals surface area contributed by atoms with Crippen molar-refractivity contribution in [2.45, 2.75) is 47.0 Å². The molecule has 0 bridgehead atoms. The fourth-order valence-corrected chi connectivity index (χ4v) is 3.32. The van der Waals surface area contributed by atoms with Crippen LogP contribution in [0.4, 0.5) is 5.69 Å². The van der Waals surface area contributed by atoms with Gasteiger partial charge in [0.1, 0.15) is 17.4 Å². The second-order valence-electron chi connectivity index (χ2n) is 7.90. The van der Waals surface area contributed by atoms with Gasteiger partial charge in [-0.2, -0.15) is 9.64 Å². The third-order valence-corrected chi connectivity index (χ3v) is 5.68. The molecule has 27 heavy (non-hydrogen) atoms. The maximum absolute atomic E-state index is 9.71. The summed E-state index contributed by atoms with van der Waals surface area (Å²) in [4.78, 5) is 6.38. The van der Waals surface area contributed by atoms with Crippen molar-refractivity contribution in [2.75, 3.05) is 14.1 Å². The normalized spacial score (nSPS) is 11.9. The standard InChI is InChI=1S/C21H28N4OS/c1-13(2)21(5,6)19-16(11-22)20(27-24-19)26-18-10-14(3)17(9-15(18)4)23-12-25(7)8/h9-10,12-13H,1-8H3. The first kappa shape index (κ1) is 20.9. The van der Waals surface area contributed by atoms with Gasteiger partial charge in [0, 0.05) is 31.0 Å². The number of hydrogen-bond donors (Lipinski definition) is 0. The van der Waals surface area contributed by atoms with Crippen LogP contribution in [0.3, 0.4) is 0 Å². The van der Waals surface area contributed by atoms with Crippen LogP contribution in [-0.2, 0) is 5.41 Å². The first-order chi connectivity index (χ1) is 12.6. The molecule has 144 valence electrons. The number of nitriles is 1. The Hall–Kier alpha value is -2.39. The van der Waals surface area contributed by atoms with Crippen molar-refractivity contribution in [2.24, 2.45) is 10.9 Å². The molecule has 0 aliphatic rings. The number of aromatic nitrogens is 1. The molecule has 0 spiro atoms. The Morgan fingerprint density at radius 3 is 2.48 bits per heavy atom. The zero-order valence-corrected chi connectivity index (χ0v) is 18.2. The number of aryl methyl sites for hydroxylation is 2. The van der Waals surface area contributed by atoms with Crippen molar-refractivity contribution in [1.82, 2.24) is 9.27 Å². The number of aliphatic imine (C=N–C) groups is 1. The maximum atomic E-state index is 9.71. The molecule has 1 aromatic heterocycles. The van der Waals surface area contributed by atoms with Crippen molar-refractivity contribution in [3.8, 4) is 16.9 Å². The van der Waals surface area contributed by atoms with E-state index in [0.717, 1.165) is 28.3 Å². The highest BCUT2D eigenvalue weighted by Gasteiger charge is 2.32. The fourth-order valence-electron chi connectivity index (χ4n) is 2.46. The summed E-state index contributed by atoms with van der Waals surface area (Å²) in [6, 6.07) is 6.26. The molecule has 0 aliphatic heterocycles. The molecule has 0 saturated heterocycles. The van der Waals surface area contributed by atoms with Crippen LogP contribution in [0.25, 0.3) is 0 Å². The Kier molecular flexibility index (Phi) is 6.27. The lowest BCUT2D eigenvalue weighted by atomic mass is 9.77. The topological polar surface area (TPSA) is 61.5 Å². The van der Waals surface area contributed by atoms with Gasteiger partial charge in [-0.1, -0.05) is 27.7 Å². The van der Waals surface area contributed by atoms with Crippen LogP contribution >= 0.6 is 11.5 Å². The predicted octanol–water partition coefficient (Wildman–Crippen LogP) is 5.58. The minimum absolute atomic E-state index is 0.196. The number of benzene rings is 1. The van der Waals surface area contributed by atoms with E-state index in [-0.39, 0.29) is 5.41 Å². The molecule has 0 amide bonds. The summed E-state index contributed by atoms with van der Waals surface area (Å²) in [6.45, 7) is 12.5. The van der Waals surface area contributed by atoms with Crippen LogP contribution in [0.5, 0.6) is 10.8 Å². The minimum Gasteiger partial charge on any atom is -0.443 e. The lowest BCUT2D eigenvalue weighted by Crippen LogP contribution is -2.25. The van der Waals surface area contributed by atoms with Gasteiger partial charge in [-0.05, 0) is 43.0 Å². The van der Waals surface area contributed by atoms with Crippen molar-refractivity contribution in [3.05, 3.63) is 34.5 Å². The second-order valence-corrected chi connectivity index (χ2v) is 8.63. The fraction of sp³-hybridized carbons (Fsp3) is 0.476. The number of ether oxygens (including phenoxy) is 1. The third kappa shape index (κ3) is 4.48. The average Bonchev–Trinajstić information content (AvgIpc) is 2.99. The molecule has 0 radical (unpaired) electrons. The van der Waals surface area contributed by atoms with Gasteiger partial charge in [-0.3, -0.25) is 0 Å². The van der Waals surface area contributed by atoms with Gasteiger partial charge in [0.05, 0.1) is 17.7 Å². The Balaban J connectivity index is 2.40. The highest BCUT2D eigenvalue weighted by Crippen LogP contribution is 2.41. The molecule has 0 fully saturated rings. The van der Waals surface area contributed by atoms with Gasteiger partial charge in [0.2, 0.25) is 5.06 Å². The van der Waals surface area contributed by atoms with E-state index < -0.39 is 0 Å². The summed E-state index contributed by atoms with van der Waals surface area (Å²) in [7, 11) is 3.87. The summed E-state index contributed by atoms with van der Waals surface area (Å²) >= 11 is 1.24. The van der Waals surface area contributed by atoms with Gasteiger partial charge in [0.25, 0.3) is 0 Å². The number of rotatable bonds is 6. The molecule has 1 heterocycles. The Bertz CT molecular complexity index is 888. The highest BCUT2D eigenvalue weighted by atomic mass is 32.1. The monoisotopic (exact) mass is 384 g/mol. The lowest BCUT2D eigenvalue weighted by Gasteiger charge is -2.27. The van der Waals surface area contributed by atoms with E-state index in [1.54, 1.807) is 6.34 Å². The molecule has 6 heteroatoms. The molecule has 5 nitrogen and oxygen atoms in total. The van der Waals surface area contributed by atoms with E-state index in [9.17, 15) is 5.26 Å².